The van der Waals surface area contributed by atoms with E-state index in [1.807, 2.05) is 37.3 Å². The van der Waals surface area contributed by atoms with Crippen LogP contribution in [0.4, 0.5) is 0 Å². The molecule has 0 aliphatic carbocycles. The van der Waals surface area contributed by atoms with Gasteiger partial charge in [0.15, 0.2) is 0 Å². The second-order valence-electron chi connectivity index (χ2n) is 11.1. The van der Waals surface area contributed by atoms with E-state index in [0.29, 0.717) is 22.5 Å². The van der Waals surface area contributed by atoms with Gasteiger partial charge in [-0.1, -0.05) is 84.7 Å². The number of likely N-dealkylation sites (N-methyl/N-ethyl adjacent to an activating group) is 1. The first-order chi connectivity index (χ1) is 19.2. The Morgan fingerprint density at radius 3 is 2.42 bits per heavy atom. The Morgan fingerprint density at radius 1 is 1.05 bits per heavy atom. The van der Waals surface area contributed by atoms with Gasteiger partial charge in [0.05, 0.1) is 14.1 Å². The van der Waals surface area contributed by atoms with Crippen molar-refractivity contribution < 1.29 is 14.0 Å². The minimum absolute atomic E-state index is 0.148. The lowest BCUT2D eigenvalue weighted by Crippen LogP contribution is -2.46. The van der Waals surface area contributed by atoms with Crippen molar-refractivity contribution in [3.63, 3.8) is 0 Å². The number of hydrogen-bond donors (Lipinski definition) is 1. The van der Waals surface area contributed by atoms with Crippen LogP contribution in [0.2, 0.25) is 0 Å². The number of ether oxygens (including phenoxy) is 1. The largest absolute Gasteiger partial charge is 0.471 e. The monoisotopic (exact) mass is 602 g/mol. The van der Waals surface area contributed by atoms with Crippen molar-refractivity contribution in [3.8, 4) is 17.0 Å². The van der Waals surface area contributed by atoms with E-state index in [-0.39, 0.29) is 6.04 Å². The number of benzene rings is 3. The van der Waals surface area contributed by atoms with E-state index >= 15 is 0 Å². The Morgan fingerprint density at radius 2 is 1.75 bits per heavy atom. The summed E-state index contributed by atoms with van der Waals surface area (Å²) in [6.07, 6.45) is 4.11. The number of nitrogens with zero attached hydrogens (tertiary/aromatic N) is 2. The second-order valence-corrected chi connectivity index (χ2v) is 11.9. The zero-order valence-electron chi connectivity index (χ0n) is 24.3. The van der Waals surface area contributed by atoms with Gasteiger partial charge in [0.1, 0.15) is 19.2 Å². The Hall–Kier alpha value is -3.22. The van der Waals surface area contributed by atoms with Gasteiger partial charge in [0.2, 0.25) is 11.8 Å². The van der Waals surface area contributed by atoms with Crippen molar-refractivity contribution in [2.45, 2.75) is 52.5 Å². The van der Waals surface area contributed by atoms with E-state index in [1.165, 1.54) is 10.9 Å². The van der Waals surface area contributed by atoms with Crippen LogP contribution in [0.1, 0.15) is 66.3 Å². The van der Waals surface area contributed by atoms with Crippen LogP contribution in [0.5, 0.6) is 5.88 Å². The van der Waals surface area contributed by atoms with Gasteiger partial charge in [-0.25, -0.2) is 4.98 Å². The molecule has 0 aliphatic rings. The summed E-state index contributed by atoms with van der Waals surface area (Å²) in [7, 11) is 4.50. The summed E-state index contributed by atoms with van der Waals surface area (Å²) in [5, 5.41) is 2.21. The number of carbonyl (C=O) groups is 1. The lowest BCUT2D eigenvalue weighted by molar-refractivity contribution is -0.921. The summed E-state index contributed by atoms with van der Waals surface area (Å²) in [6.45, 7) is 7.74. The molecule has 1 atom stereocenters. The number of unbranched alkanes of at least 4 members (excludes halogenated alkanes) is 1. The number of amides is 1. The molecule has 2 N–H and O–H groups in total. The van der Waals surface area contributed by atoms with Crippen LogP contribution in [-0.4, -0.2) is 42.6 Å². The minimum atomic E-state index is -0.418. The van der Waals surface area contributed by atoms with Crippen molar-refractivity contribution >= 4 is 32.6 Å². The van der Waals surface area contributed by atoms with E-state index in [9.17, 15) is 4.79 Å². The molecule has 40 heavy (non-hydrogen) atoms. The predicted molar refractivity (Wildman–Crippen MR) is 169 cm³/mol. The summed E-state index contributed by atoms with van der Waals surface area (Å²) in [6, 6.07) is 22.8. The molecule has 6 heteroatoms. The standard InChI is InChI=1S/C34H40BrN3O2/c1-6-8-17-26-21-25-16-12-13-18-27(25)34(37-26)40-20-19-38(4,5)30(7-2)32-29(35)22-28(33(36)39)23(3)31(32)24-14-10-9-11-15-24/h9-16,18,21-22,30H,6-8,17,19-20H2,1-5H3,(H-,36,39)/p+1/t30-/m0/s1. The van der Waals surface area contributed by atoms with Crippen molar-refractivity contribution in [1.82, 2.24) is 4.98 Å². The molecule has 0 fully saturated rings. The van der Waals surface area contributed by atoms with E-state index in [0.717, 1.165) is 64.5 Å². The van der Waals surface area contributed by atoms with Crippen LogP contribution in [-0.2, 0) is 6.42 Å². The molecular formula is C34H41BrN3O2+. The molecule has 4 aromatic rings. The predicted octanol–water partition coefficient (Wildman–Crippen LogP) is 8.02. The summed E-state index contributed by atoms with van der Waals surface area (Å²) in [5.74, 6) is 0.295. The van der Waals surface area contributed by atoms with E-state index in [1.54, 1.807) is 0 Å². The van der Waals surface area contributed by atoms with Gasteiger partial charge < -0.3 is 15.0 Å². The van der Waals surface area contributed by atoms with Crippen molar-refractivity contribution in [2.75, 3.05) is 27.2 Å². The number of aromatic nitrogens is 1. The second kappa shape index (κ2) is 13.0. The molecule has 0 spiro atoms. The average Bonchev–Trinajstić information content (AvgIpc) is 2.94. The van der Waals surface area contributed by atoms with Gasteiger partial charge in [-0.05, 0) is 60.0 Å². The fraction of sp³-hybridized carbons (Fsp3) is 0.353. The zero-order chi connectivity index (χ0) is 28.9. The third kappa shape index (κ3) is 6.39. The summed E-state index contributed by atoms with van der Waals surface area (Å²) in [5.41, 5.74) is 11.6. The highest BCUT2D eigenvalue weighted by molar-refractivity contribution is 9.10. The molecule has 0 unspecified atom stereocenters. The third-order valence-electron chi connectivity index (χ3n) is 7.92. The fourth-order valence-electron chi connectivity index (χ4n) is 5.72. The first-order valence-electron chi connectivity index (χ1n) is 14.2. The lowest BCUT2D eigenvalue weighted by atomic mass is 9.86. The number of hydrogen-bond acceptors (Lipinski definition) is 3. The number of fused-ring (bicyclic) bond motifs is 1. The van der Waals surface area contributed by atoms with Gasteiger partial charge in [-0.2, -0.15) is 0 Å². The molecule has 210 valence electrons. The maximum atomic E-state index is 12.3. The molecule has 0 aliphatic heterocycles. The molecule has 0 saturated heterocycles. The fourth-order valence-corrected chi connectivity index (χ4v) is 6.42. The number of primary amides is 1. The number of rotatable bonds is 12. The highest BCUT2D eigenvalue weighted by atomic mass is 79.9. The first kappa shape index (κ1) is 29.8. The molecule has 3 aromatic carbocycles. The number of aryl methyl sites for hydroxylation is 1. The van der Waals surface area contributed by atoms with Gasteiger partial charge in [-0.15, -0.1) is 0 Å². The molecule has 0 bridgehead atoms. The van der Waals surface area contributed by atoms with E-state index < -0.39 is 5.91 Å². The number of quaternary nitrogens is 1. The first-order valence-corrected chi connectivity index (χ1v) is 15.0. The minimum Gasteiger partial charge on any atom is -0.471 e. The van der Waals surface area contributed by atoms with Crippen LogP contribution in [0.3, 0.4) is 0 Å². The Kier molecular flexibility index (Phi) is 9.64. The molecule has 5 nitrogen and oxygen atoms in total. The lowest BCUT2D eigenvalue weighted by Gasteiger charge is -2.39. The average molecular weight is 604 g/mol. The summed E-state index contributed by atoms with van der Waals surface area (Å²) >= 11 is 3.83. The smallest absolute Gasteiger partial charge is 0.249 e. The van der Waals surface area contributed by atoms with E-state index in [2.05, 4.69) is 80.3 Å². The summed E-state index contributed by atoms with van der Waals surface area (Å²) < 4.78 is 8.04. The Labute approximate surface area is 247 Å². The van der Waals surface area contributed by atoms with Gasteiger partial charge >= 0.3 is 0 Å². The van der Waals surface area contributed by atoms with Crippen molar-refractivity contribution in [3.05, 3.63) is 93.6 Å². The third-order valence-corrected chi connectivity index (χ3v) is 8.58. The molecular weight excluding hydrogens is 562 g/mol. The van der Waals surface area contributed by atoms with Gasteiger partial charge in [0.25, 0.3) is 0 Å². The van der Waals surface area contributed by atoms with E-state index in [4.69, 9.17) is 15.5 Å². The van der Waals surface area contributed by atoms with Crippen LogP contribution in [0.15, 0.2) is 71.2 Å². The molecule has 1 heterocycles. The Balaban J connectivity index is 1.67. The number of halogens is 1. The molecule has 1 amide bonds. The highest BCUT2D eigenvalue weighted by Crippen LogP contribution is 2.43. The van der Waals surface area contributed by atoms with Crippen LogP contribution < -0.4 is 10.5 Å². The quantitative estimate of drug-likeness (QED) is 0.167. The SMILES string of the molecule is CCCCc1cc2ccccc2c(OCC[N+](C)(C)[C@@H](CC)c2c(Br)cc(C(N)=O)c(C)c2-c2ccccc2)n1. The maximum Gasteiger partial charge on any atom is 0.249 e. The number of nitrogens with two attached hydrogens (primary N) is 1. The molecule has 1 aromatic heterocycles. The zero-order valence-corrected chi connectivity index (χ0v) is 25.9. The topological polar surface area (TPSA) is 65.2 Å². The Bertz CT molecular complexity index is 1480. The van der Waals surface area contributed by atoms with Gasteiger partial charge in [-0.3, -0.25) is 4.79 Å². The van der Waals surface area contributed by atoms with Crippen LogP contribution in [0, 0.1) is 6.92 Å². The number of pyridine rings is 1. The maximum absolute atomic E-state index is 12.3. The van der Waals surface area contributed by atoms with Crippen molar-refractivity contribution in [1.29, 1.82) is 0 Å². The molecule has 4 rings (SSSR count). The van der Waals surface area contributed by atoms with Crippen LogP contribution >= 0.6 is 15.9 Å². The number of carbonyl (C=O) groups excluding carboxylic acids is 1. The van der Waals surface area contributed by atoms with Gasteiger partial charge in [0, 0.05) is 33.1 Å². The highest BCUT2D eigenvalue weighted by Gasteiger charge is 2.34. The van der Waals surface area contributed by atoms with Crippen LogP contribution in [0.25, 0.3) is 21.9 Å². The summed E-state index contributed by atoms with van der Waals surface area (Å²) in [4.78, 5) is 17.2. The van der Waals surface area contributed by atoms with Crippen molar-refractivity contribution in [2.24, 2.45) is 5.73 Å². The molecule has 0 saturated carbocycles. The molecule has 0 radical (unpaired) electrons. The normalized spacial score (nSPS) is 12.4.